The average Bonchev–Trinajstić information content (AvgIpc) is 3.81. The van der Waals surface area contributed by atoms with Gasteiger partial charge in [0, 0.05) is 63.0 Å². The molecule has 11 rings (SSSR count). The number of aromatic nitrogens is 3. The number of rotatable bonds is 8. The molecule has 278 valence electrons. The molecule has 0 spiro atoms. The molecule has 1 unspecified atom stereocenters. The van der Waals surface area contributed by atoms with Crippen LogP contribution < -0.4 is 4.90 Å². The van der Waals surface area contributed by atoms with E-state index in [0.717, 1.165) is 56.4 Å². The highest BCUT2D eigenvalue weighted by molar-refractivity contribution is 6.12. The molecule has 3 aromatic heterocycles. The van der Waals surface area contributed by atoms with Crippen molar-refractivity contribution in [1.82, 2.24) is 14.5 Å². The third-order valence-electron chi connectivity index (χ3n) is 11.7. The number of allylic oxidation sites excluding steroid dienone is 1. The van der Waals surface area contributed by atoms with Crippen LogP contribution >= 0.6 is 0 Å². The van der Waals surface area contributed by atoms with Crippen LogP contribution in [0, 0.1) is 0 Å². The quantitative estimate of drug-likeness (QED) is 0.155. The molecule has 3 heterocycles. The van der Waals surface area contributed by atoms with E-state index in [2.05, 4.69) is 195 Å². The molecule has 0 amide bonds. The minimum Gasteiger partial charge on any atom is -0.310 e. The van der Waals surface area contributed by atoms with Gasteiger partial charge in [-0.2, -0.15) is 0 Å². The van der Waals surface area contributed by atoms with Crippen molar-refractivity contribution in [3.63, 3.8) is 0 Å². The summed E-state index contributed by atoms with van der Waals surface area (Å²) in [5.74, 6) is 0.0547. The predicted molar refractivity (Wildman–Crippen MR) is 245 cm³/mol. The summed E-state index contributed by atoms with van der Waals surface area (Å²) >= 11 is 0. The molecule has 0 radical (unpaired) electrons. The molecule has 0 saturated carbocycles. The van der Waals surface area contributed by atoms with Crippen molar-refractivity contribution in [2.45, 2.75) is 5.92 Å². The van der Waals surface area contributed by atoms with Crippen molar-refractivity contribution in [3.8, 4) is 39.3 Å². The van der Waals surface area contributed by atoms with Gasteiger partial charge in [-0.05, 0) is 124 Å². The fourth-order valence-electron chi connectivity index (χ4n) is 9.01. The molecule has 0 N–H and O–H groups in total. The van der Waals surface area contributed by atoms with E-state index < -0.39 is 0 Å². The Labute approximate surface area is 343 Å². The van der Waals surface area contributed by atoms with E-state index in [0.29, 0.717) is 0 Å². The van der Waals surface area contributed by atoms with Crippen LogP contribution in [0.5, 0.6) is 0 Å². The Hall–Kier alpha value is -7.82. The smallest absolute Gasteiger partial charge is 0.0702 e. The molecule has 0 bridgehead atoms. The second-order valence-corrected chi connectivity index (χ2v) is 15.1. The lowest BCUT2D eigenvalue weighted by Gasteiger charge is -2.27. The first-order valence-corrected chi connectivity index (χ1v) is 20.0. The van der Waals surface area contributed by atoms with E-state index in [1.54, 1.807) is 0 Å². The highest BCUT2D eigenvalue weighted by atomic mass is 15.1. The van der Waals surface area contributed by atoms with E-state index >= 15 is 0 Å². The predicted octanol–water partition coefficient (Wildman–Crippen LogP) is 14.2. The first-order valence-electron chi connectivity index (χ1n) is 20.0. The van der Waals surface area contributed by atoms with Crippen LogP contribution in [0.3, 0.4) is 0 Å². The largest absolute Gasteiger partial charge is 0.310 e. The van der Waals surface area contributed by atoms with Crippen LogP contribution in [0.2, 0.25) is 0 Å². The Balaban J connectivity index is 1.06. The van der Waals surface area contributed by atoms with Crippen molar-refractivity contribution in [3.05, 3.63) is 236 Å². The van der Waals surface area contributed by atoms with Gasteiger partial charge in [0.2, 0.25) is 0 Å². The maximum absolute atomic E-state index is 4.71. The van der Waals surface area contributed by atoms with Gasteiger partial charge in [0.25, 0.3) is 0 Å². The number of hydrogen-bond donors (Lipinski definition) is 0. The molecule has 0 aliphatic heterocycles. The highest BCUT2D eigenvalue weighted by Crippen LogP contribution is 2.52. The third kappa shape index (κ3) is 5.93. The molecule has 0 fully saturated rings. The number of para-hydroxylation sites is 1. The lowest BCUT2D eigenvalue weighted by Crippen LogP contribution is -2.10. The number of nitrogens with zero attached hydrogens (tertiary/aromatic N) is 4. The molecule has 0 saturated heterocycles. The van der Waals surface area contributed by atoms with Gasteiger partial charge in [-0.3, -0.25) is 9.97 Å². The maximum atomic E-state index is 4.71. The number of benzene rings is 7. The Morgan fingerprint density at radius 1 is 0.458 bits per heavy atom. The zero-order chi connectivity index (χ0) is 39.3. The molecule has 59 heavy (non-hydrogen) atoms. The second-order valence-electron chi connectivity index (χ2n) is 15.1. The van der Waals surface area contributed by atoms with Crippen molar-refractivity contribution in [2.24, 2.45) is 0 Å². The summed E-state index contributed by atoms with van der Waals surface area (Å²) in [5.41, 5.74) is 18.0. The van der Waals surface area contributed by atoms with Crippen molar-refractivity contribution < 1.29 is 0 Å². The van der Waals surface area contributed by atoms with Gasteiger partial charge in [-0.15, -0.1) is 0 Å². The summed E-state index contributed by atoms with van der Waals surface area (Å²) in [6, 6.07) is 71.3. The van der Waals surface area contributed by atoms with Crippen LogP contribution in [0.1, 0.15) is 22.6 Å². The number of hydrogen-bond acceptors (Lipinski definition) is 3. The standard InChI is InChI=1S/C55H38N4/c1-37(38-15-3-2-4-16-38)55-47-23-6-5-21-45(47)48-35-49-46-22-7-8-26-53(46)59(54(49)36-50(48)55)42-29-27-41(28-30-42)58(43-19-13-17-39(33-43)51-24-9-11-31-56-51)44-20-14-18-40(34-44)52-25-10-12-32-57-52/h2-36,55H,1H2. The maximum Gasteiger partial charge on any atom is 0.0702 e. The molecule has 4 nitrogen and oxygen atoms in total. The molecule has 1 aliphatic carbocycles. The number of anilines is 3. The molecule has 7 aromatic carbocycles. The second kappa shape index (κ2) is 14.3. The van der Waals surface area contributed by atoms with Crippen LogP contribution in [0.25, 0.3) is 66.7 Å². The summed E-state index contributed by atoms with van der Waals surface area (Å²) in [6.45, 7) is 4.71. The molecular weight excluding hydrogens is 717 g/mol. The van der Waals surface area contributed by atoms with Crippen molar-refractivity contribution >= 4 is 44.4 Å². The normalized spacial score (nSPS) is 13.0. The SMILES string of the molecule is C=C(c1ccccc1)C1c2ccccc2-c2cc3c4ccccc4n(-c4ccc(N(c5cccc(-c6ccccn6)c5)c5cccc(-c6ccccn6)c5)cc4)c3cc21. The first kappa shape index (κ1) is 34.4. The van der Waals surface area contributed by atoms with Crippen molar-refractivity contribution in [1.29, 1.82) is 0 Å². The van der Waals surface area contributed by atoms with Crippen molar-refractivity contribution in [2.75, 3.05) is 4.90 Å². The van der Waals surface area contributed by atoms with Gasteiger partial charge in [-0.25, -0.2) is 0 Å². The third-order valence-corrected chi connectivity index (χ3v) is 11.7. The molecular formula is C55H38N4. The fourth-order valence-corrected chi connectivity index (χ4v) is 9.01. The topological polar surface area (TPSA) is 34.0 Å². The Morgan fingerprint density at radius 3 is 1.76 bits per heavy atom. The lowest BCUT2D eigenvalue weighted by molar-refractivity contribution is 1.09. The zero-order valence-electron chi connectivity index (χ0n) is 32.3. The molecule has 1 atom stereocenters. The summed E-state index contributed by atoms with van der Waals surface area (Å²) in [4.78, 5) is 11.7. The van der Waals surface area contributed by atoms with Crippen LogP contribution in [-0.2, 0) is 0 Å². The summed E-state index contributed by atoms with van der Waals surface area (Å²) in [7, 11) is 0. The van der Waals surface area contributed by atoms with E-state index in [4.69, 9.17) is 6.58 Å². The van der Waals surface area contributed by atoms with E-state index in [9.17, 15) is 0 Å². The summed E-state index contributed by atoms with van der Waals surface area (Å²) in [5, 5.41) is 2.47. The minimum absolute atomic E-state index is 0.0547. The molecule has 4 heteroatoms. The minimum atomic E-state index is 0.0547. The van der Waals surface area contributed by atoms with E-state index in [-0.39, 0.29) is 5.92 Å². The zero-order valence-corrected chi connectivity index (χ0v) is 32.3. The first-order chi connectivity index (χ1) is 29.2. The van der Waals surface area contributed by atoms with Gasteiger partial charge in [-0.1, -0.05) is 116 Å². The average molecular weight is 755 g/mol. The lowest BCUT2D eigenvalue weighted by atomic mass is 9.86. The van der Waals surface area contributed by atoms with Crippen LogP contribution in [0.4, 0.5) is 17.1 Å². The van der Waals surface area contributed by atoms with Crippen LogP contribution in [0.15, 0.2) is 219 Å². The van der Waals surface area contributed by atoms with E-state index in [1.807, 2.05) is 36.7 Å². The van der Waals surface area contributed by atoms with Gasteiger partial charge < -0.3 is 9.47 Å². The molecule has 1 aliphatic rings. The molecule has 10 aromatic rings. The van der Waals surface area contributed by atoms with Gasteiger partial charge in [0.15, 0.2) is 0 Å². The van der Waals surface area contributed by atoms with Gasteiger partial charge in [0.1, 0.15) is 0 Å². The Bertz CT molecular complexity index is 3080. The fraction of sp³-hybridized carbons (Fsp3) is 0.0182. The Kier molecular flexibility index (Phi) is 8.34. The number of pyridine rings is 2. The van der Waals surface area contributed by atoms with Gasteiger partial charge >= 0.3 is 0 Å². The highest BCUT2D eigenvalue weighted by Gasteiger charge is 2.32. The monoisotopic (exact) mass is 754 g/mol. The Morgan fingerprint density at radius 2 is 1.08 bits per heavy atom. The van der Waals surface area contributed by atoms with Gasteiger partial charge in [0.05, 0.1) is 22.4 Å². The summed E-state index contributed by atoms with van der Waals surface area (Å²) in [6.07, 6.45) is 3.69. The van der Waals surface area contributed by atoms with Crippen LogP contribution in [-0.4, -0.2) is 14.5 Å². The summed E-state index contributed by atoms with van der Waals surface area (Å²) < 4.78 is 2.42. The number of fused-ring (bicyclic) bond motifs is 6. The van der Waals surface area contributed by atoms with E-state index in [1.165, 1.54) is 44.1 Å².